The summed E-state index contributed by atoms with van der Waals surface area (Å²) in [5.74, 6) is -0.905. The molecule has 0 bridgehead atoms. The Bertz CT molecular complexity index is 453. The molecule has 1 aromatic carbocycles. The van der Waals surface area contributed by atoms with Crippen LogP contribution in [0, 0.1) is 0 Å². The van der Waals surface area contributed by atoms with Gasteiger partial charge in [0.15, 0.2) is 0 Å². The van der Waals surface area contributed by atoms with Gasteiger partial charge < -0.3 is 15.2 Å². The average Bonchev–Trinajstić information content (AvgIpc) is 2.40. The van der Waals surface area contributed by atoms with Crippen LogP contribution in [0.2, 0.25) is 0 Å². The predicted octanol–water partition coefficient (Wildman–Crippen LogP) is 2.10. The fourth-order valence-electron chi connectivity index (χ4n) is 2.02. The second-order valence-electron chi connectivity index (χ2n) is 4.34. The summed E-state index contributed by atoms with van der Waals surface area (Å²) >= 11 is 0. The summed E-state index contributed by atoms with van der Waals surface area (Å²) in [5, 5.41) is 12.4. The van der Waals surface area contributed by atoms with Crippen LogP contribution in [0.5, 0.6) is 0 Å². The second-order valence-corrected chi connectivity index (χ2v) is 4.34. The number of aliphatic carboxylic acids is 1. The van der Waals surface area contributed by atoms with Crippen molar-refractivity contribution < 1.29 is 14.6 Å². The number of hydrogen-bond acceptors (Lipinski definition) is 3. The van der Waals surface area contributed by atoms with Gasteiger partial charge in [-0.2, -0.15) is 0 Å². The molecule has 2 rings (SSSR count). The molecular formula is C14H17NO3. The molecular weight excluding hydrogens is 230 g/mol. The van der Waals surface area contributed by atoms with E-state index in [-0.39, 0.29) is 12.6 Å². The lowest BCUT2D eigenvalue weighted by Gasteiger charge is -2.23. The van der Waals surface area contributed by atoms with Gasteiger partial charge in [-0.05, 0) is 12.5 Å². The SMILES string of the molecule is CC(NC1=C(C(=O)O)COCC1)c1ccccc1. The molecule has 0 aromatic heterocycles. The van der Waals surface area contributed by atoms with Crippen LogP contribution >= 0.6 is 0 Å². The van der Waals surface area contributed by atoms with E-state index in [2.05, 4.69) is 5.32 Å². The number of nitrogens with one attached hydrogen (secondary N) is 1. The van der Waals surface area contributed by atoms with Gasteiger partial charge in [-0.15, -0.1) is 0 Å². The molecule has 0 radical (unpaired) electrons. The lowest BCUT2D eigenvalue weighted by atomic mass is 10.1. The minimum Gasteiger partial charge on any atom is -0.478 e. The van der Waals surface area contributed by atoms with Crippen LogP contribution in [-0.4, -0.2) is 24.3 Å². The van der Waals surface area contributed by atoms with E-state index in [4.69, 9.17) is 9.84 Å². The minimum absolute atomic E-state index is 0.0913. The van der Waals surface area contributed by atoms with Gasteiger partial charge >= 0.3 is 5.97 Å². The highest BCUT2D eigenvalue weighted by molar-refractivity contribution is 5.87. The van der Waals surface area contributed by atoms with Crippen molar-refractivity contribution in [2.45, 2.75) is 19.4 Å². The third-order valence-electron chi connectivity index (χ3n) is 3.06. The zero-order valence-electron chi connectivity index (χ0n) is 10.3. The Labute approximate surface area is 106 Å². The zero-order valence-corrected chi connectivity index (χ0v) is 10.3. The van der Waals surface area contributed by atoms with E-state index in [1.807, 2.05) is 37.3 Å². The van der Waals surface area contributed by atoms with Crippen molar-refractivity contribution in [3.63, 3.8) is 0 Å². The summed E-state index contributed by atoms with van der Waals surface area (Å²) in [6, 6.07) is 10.1. The van der Waals surface area contributed by atoms with Crippen LogP contribution in [0.3, 0.4) is 0 Å². The van der Waals surface area contributed by atoms with Crippen molar-refractivity contribution in [1.29, 1.82) is 0 Å². The van der Waals surface area contributed by atoms with E-state index in [9.17, 15) is 4.79 Å². The molecule has 1 unspecified atom stereocenters. The van der Waals surface area contributed by atoms with Gasteiger partial charge in [0.1, 0.15) is 0 Å². The van der Waals surface area contributed by atoms with E-state index in [1.54, 1.807) is 0 Å². The molecule has 0 saturated carbocycles. The van der Waals surface area contributed by atoms with Crippen molar-refractivity contribution >= 4 is 5.97 Å². The number of rotatable bonds is 4. The molecule has 0 amide bonds. The first-order valence-electron chi connectivity index (χ1n) is 6.03. The standard InChI is InChI=1S/C14H17NO3/c1-10(11-5-3-2-4-6-11)15-13-7-8-18-9-12(13)14(16)17/h2-6,10,15H,7-9H2,1H3,(H,16,17). The lowest BCUT2D eigenvalue weighted by molar-refractivity contribution is -0.133. The summed E-state index contributed by atoms with van der Waals surface area (Å²) in [6.07, 6.45) is 0.624. The summed E-state index contributed by atoms with van der Waals surface area (Å²) in [7, 11) is 0. The number of hydrogen-bond donors (Lipinski definition) is 2. The Morgan fingerprint density at radius 1 is 1.39 bits per heavy atom. The molecule has 0 saturated heterocycles. The summed E-state index contributed by atoms with van der Waals surface area (Å²) in [4.78, 5) is 11.1. The van der Waals surface area contributed by atoms with Crippen LogP contribution < -0.4 is 5.32 Å². The van der Waals surface area contributed by atoms with Gasteiger partial charge in [-0.1, -0.05) is 30.3 Å². The smallest absolute Gasteiger partial charge is 0.335 e. The third-order valence-corrected chi connectivity index (χ3v) is 3.06. The predicted molar refractivity (Wildman–Crippen MR) is 68.1 cm³/mol. The van der Waals surface area contributed by atoms with Crippen molar-refractivity contribution in [2.24, 2.45) is 0 Å². The fourth-order valence-corrected chi connectivity index (χ4v) is 2.02. The normalized spacial score (nSPS) is 17.4. The first kappa shape index (κ1) is 12.6. The van der Waals surface area contributed by atoms with E-state index >= 15 is 0 Å². The van der Waals surface area contributed by atoms with Crippen LogP contribution in [-0.2, 0) is 9.53 Å². The molecule has 4 nitrogen and oxygen atoms in total. The Balaban J connectivity index is 2.14. The van der Waals surface area contributed by atoms with Gasteiger partial charge in [-0.25, -0.2) is 4.79 Å². The summed E-state index contributed by atoms with van der Waals surface area (Å²) < 4.78 is 5.18. The maximum atomic E-state index is 11.1. The molecule has 1 aromatic rings. The van der Waals surface area contributed by atoms with E-state index in [1.165, 1.54) is 0 Å². The molecule has 1 aliphatic rings. The molecule has 1 aliphatic heterocycles. The number of carbonyl (C=O) groups is 1. The van der Waals surface area contributed by atoms with Gasteiger partial charge in [0.25, 0.3) is 0 Å². The van der Waals surface area contributed by atoms with Crippen molar-refractivity contribution in [3.05, 3.63) is 47.2 Å². The lowest BCUT2D eigenvalue weighted by Crippen LogP contribution is -2.27. The van der Waals surface area contributed by atoms with E-state index in [0.29, 0.717) is 18.6 Å². The van der Waals surface area contributed by atoms with Crippen LogP contribution in [0.15, 0.2) is 41.6 Å². The number of benzene rings is 1. The zero-order chi connectivity index (χ0) is 13.0. The molecule has 0 aliphatic carbocycles. The quantitative estimate of drug-likeness (QED) is 0.855. The molecule has 2 N–H and O–H groups in total. The summed E-state index contributed by atoms with van der Waals surface area (Å²) in [5.41, 5.74) is 2.26. The first-order valence-corrected chi connectivity index (χ1v) is 6.03. The summed E-state index contributed by atoms with van der Waals surface area (Å²) in [6.45, 7) is 2.77. The van der Waals surface area contributed by atoms with E-state index < -0.39 is 5.97 Å². The van der Waals surface area contributed by atoms with Gasteiger partial charge in [0.2, 0.25) is 0 Å². The molecule has 4 heteroatoms. The number of ether oxygens (including phenoxy) is 1. The molecule has 18 heavy (non-hydrogen) atoms. The molecule has 96 valence electrons. The van der Waals surface area contributed by atoms with Crippen molar-refractivity contribution in [2.75, 3.05) is 13.2 Å². The first-order chi connectivity index (χ1) is 8.68. The Morgan fingerprint density at radius 3 is 2.78 bits per heavy atom. The second kappa shape index (κ2) is 5.69. The Morgan fingerprint density at radius 2 is 2.11 bits per heavy atom. The van der Waals surface area contributed by atoms with Gasteiger partial charge in [0, 0.05) is 18.2 Å². The van der Waals surface area contributed by atoms with Gasteiger partial charge in [-0.3, -0.25) is 0 Å². The van der Waals surface area contributed by atoms with Crippen molar-refractivity contribution in [1.82, 2.24) is 5.32 Å². The molecule has 1 atom stereocenters. The largest absolute Gasteiger partial charge is 0.478 e. The maximum absolute atomic E-state index is 11.1. The topological polar surface area (TPSA) is 58.6 Å². The fraction of sp³-hybridized carbons (Fsp3) is 0.357. The highest BCUT2D eigenvalue weighted by atomic mass is 16.5. The molecule has 0 spiro atoms. The Kier molecular flexibility index (Phi) is 3.99. The number of carboxylic acids is 1. The van der Waals surface area contributed by atoms with Crippen LogP contribution in [0.1, 0.15) is 24.9 Å². The highest BCUT2D eigenvalue weighted by Crippen LogP contribution is 2.19. The monoisotopic (exact) mass is 247 g/mol. The van der Waals surface area contributed by atoms with Gasteiger partial charge in [0.05, 0.1) is 18.8 Å². The third kappa shape index (κ3) is 2.90. The Hall–Kier alpha value is -1.81. The van der Waals surface area contributed by atoms with E-state index in [0.717, 1.165) is 11.3 Å². The van der Waals surface area contributed by atoms with Crippen molar-refractivity contribution in [3.8, 4) is 0 Å². The van der Waals surface area contributed by atoms with Crippen LogP contribution in [0.25, 0.3) is 0 Å². The molecule has 1 heterocycles. The maximum Gasteiger partial charge on any atom is 0.335 e. The minimum atomic E-state index is -0.905. The number of carboxylic acid groups (broad SMARTS) is 1. The molecule has 0 fully saturated rings. The van der Waals surface area contributed by atoms with Crippen LogP contribution in [0.4, 0.5) is 0 Å². The average molecular weight is 247 g/mol. The highest BCUT2D eigenvalue weighted by Gasteiger charge is 2.20.